The minimum atomic E-state index is -0.218. The van der Waals surface area contributed by atoms with Gasteiger partial charge in [-0.25, -0.2) is 9.97 Å². The highest BCUT2D eigenvalue weighted by molar-refractivity contribution is 5.96. The van der Waals surface area contributed by atoms with Crippen molar-refractivity contribution in [2.75, 3.05) is 44.5 Å². The van der Waals surface area contributed by atoms with Crippen LogP contribution in [0.1, 0.15) is 20.7 Å². The van der Waals surface area contributed by atoms with Crippen molar-refractivity contribution in [1.82, 2.24) is 20.6 Å². The summed E-state index contributed by atoms with van der Waals surface area (Å²) in [7, 11) is 5.47. The fourth-order valence-electron chi connectivity index (χ4n) is 3.68. The Morgan fingerprint density at radius 1 is 0.816 bits per heavy atom. The molecule has 0 spiro atoms. The maximum absolute atomic E-state index is 12.6. The first-order valence-corrected chi connectivity index (χ1v) is 12.1. The van der Waals surface area contributed by atoms with E-state index in [1.54, 1.807) is 25.3 Å². The van der Waals surface area contributed by atoms with Crippen LogP contribution in [0.15, 0.2) is 85.2 Å². The number of carbonyl (C=O) groups is 2. The van der Waals surface area contributed by atoms with E-state index >= 15 is 0 Å². The molecule has 38 heavy (non-hydrogen) atoms. The molecule has 0 aliphatic carbocycles. The number of nitrogens with zero attached hydrogens (tertiary/aromatic N) is 3. The minimum Gasteiger partial charge on any atom is -0.497 e. The Bertz CT molecular complexity index is 1390. The van der Waals surface area contributed by atoms with Crippen LogP contribution >= 0.6 is 0 Å². The summed E-state index contributed by atoms with van der Waals surface area (Å²) in [5.41, 5.74) is 4.49. The van der Waals surface area contributed by atoms with Gasteiger partial charge in [0.05, 0.1) is 12.8 Å². The number of anilines is 3. The van der Waals surface area contributed by atoms with Crippen LogP contribution in [-0.2, 0) is 0 Å². The lowest BCUT2D eigenvalue weighted by Gasteiger charge is -2.13. The van der Waals surface area contributed by atoms with Crippen LogP contribution in [-0.4, -0.2) is 56.1 Å². The second-order valence-electron chi connectivity index (χ2n) is 8.68. The van der Waals surface area contributed by atoms with Crippen molar-refractivity contribution in [2.45, 2.75) is 0 Å². The Hall–Kier alpha value is -4.92. The van der Waals surface area contributed by atoms with Gasteiger partial charge in [-0.05, 0) is 54.6 Å². The maximum atomic E-state index is 12.6. The molecule has 0 saturated carbocycles. The van der Waals surface area contributed by atoms with Crippen molar-refractivity contribution in [2.24, 2.45) is 0 Å². The zero-order valence-corrected chi connectivity index (χ0v) is 21.6. The molecule has 194 valence electrons. The van der Waals surface area contributed by atoms with Crippen molar-refractivity contribution < 1.29 is 14.3 Å². The van der Waals surface area contributed by atoms with Gasteiger partial charge in [-0.2, -0.15) is 0 Å². The van der Waals surface area contributed by atoms with Gasteiger partial charge in [-0.3, -0.25) is 9.59 Å². The number of nitrogens with one attached hydrogen (secondary N) is 3. The summed E-state index contributed by atoms with van der Waals surface area (Å²) in [6.45, 7) is 0.631. The second-order valence-corrected chi connectivity index (χ2v) is 8.68. The first-order chi connectivity index (χ1) is 18.4. The molecule has 1 heterocycles. The molecule has 0 bridgehead atoms. The lowest BCUT2D eigenvalue weighted by molar-refractivity contribution is 0.0927. The van der Waals surface area contributed by atoms with Crippen LogP contribution in [0.4, 0.5) is 17.2 Å². The molecule has 1 aromatic heterocycles. The van der Waals surface area contributed by atoms with Crippen molar-refractivity contribution in [3.05, 3.63) is 96.3 Å². The van der Waals surface area contributed by atoms with Crippen LogP contribution in [0.3, 0.4) is 0 Å². The Morgan fingerprint density at radius 2 is 1.50 bits per heavy atom. The highest BCUT2D eigenvalue weighted by Crippen LogP contribution is 2.23. The molecule has 0 aliphatic rings. The fourth-order valence-corrected chi connectivity index (χ4v) is 3.68. The van der Waals surface area contributed by atoms with E-state index in [1.165, 1.54) is 6.33 Å². The summed E-state index contributed by atoms with van der Waals surface area (Å²) in [6, 6.07) is 23.9. The largest absolute Gasteiger partial charge is 0.497 e. The molecule has 3 N–H and O–H groups in total. The Balaban J connectivity index is 1.28. The molecule has 0 aliphatic heterocycles. The van der Waals surface area contributed by atoms with E-state index in [9.17, 15) is 9.59 Å². The lowest BCUT2D eigenvalue weighted by Crippen LogP contribution is -2.34. The first-order valence-electron chi connectivity index (χ1n) is 12.1. The molecular formula is C29H30N6O3. The third-order valence-corrected chi connectivity index (χ3v) is 5.79. The number of hydrogen-bond donors (Lipinski definition) is 3. The normalized spacial score (nSPS) is 10.4. The summed E-state index contributed by atoms with van der Waals surface area (Å²) in [4.78, 5) is 35.5. The lowest BCUT2D eigenvalue weighted by atomic mass is 10.1. The van der Waals surface area contributed by atoms with Gasteiger partial charge in [0, 0.05) is 61.3 Å². The SMILES string of the molecule is COc1ccc(Nc2cc(-c3ccc(C(=O)NCCNC(=O)c4cccc(N(C)C)c4)cc3)ncn2)cc1. The van der Waals surface area contributed by atoms with Gasteiger partial charge >= 0.3 is 0 Å². The summed E-state index contributed by atoms with van der Waals surface area (Å²) >= 11 is 0. The maximum Gasteiger partial charge on any atom is 0.251 e. The fraction of sp³-hybridized carbons (Fsp3) is 0.172. The van der Waals surface area contributed by atoms with E-state index in [0.29, 0.717) is 30.0 Å². The van der Waals surface area contributed by atoms with Gasteiger partial charge in [-0.1, -0.05) is 18.2 Å². The van der Waals surface area contributed by atoms with Gasteiger partial charge in [0.15, 0.2) is 0 Å². The number of aromatic nitrogens is 2. The van der Waals surface area contributed by atoms with Crippen LogP contribution in [0.25, 0.3) is 11.3 Å². The highest BCUT2D eigenvalue weighted by atomic mass is 16.5. The minimum absolute atomic E-state index is 0.182. The van der Waals surface area contributed by atoms with E-state index in [4.69, 9.17) is 4.74 Å². The number of amides is 2. The number of carbonyl (C=O) groups excluding carboxylic acids is 2. The highest BCUT2D eigenvalue weighted by Gasteiger charge is 2.09. The second kappa shape index (κ2) is 12.4. The first kappa shape index (κ1) is 26.2. The molecule has 3 aromatic carbocycles. The Kier molecular flexibility index (Phi) is 8.50. The van der Waals surface area contributed by atoms with Crippen molar-refractivity contribution in [1.29, 1.82) is 0 Å². The predicted octanol–water partition coefficient (Wildman–Crippen LogP) is 4.12. The van der Waals surface area contributed by atoms with Crippen LogP contribution in [0, 0.1) is 0 Å². The average Bonchev–Trinajstić information content (AvgIpc) is 2.95. The zero-order valence-electron chi connectivity index (χ0n) is 21.6. The van der Waals surface area contributed by atoms with Gasteiger partial charge in [0.25, 0.3) is 11.8 Å². The van der Waals surface area contributed by atoms with Gasteiger partial charge in [-0.15, -0.1) is 0 Å². The van der Waals surface area contributed by atoms with E-state index in [0.717, 1.165) is 28.4 Å². The quantitative estimate of drug-likeness (QED) is 0.275. The smallest absolute Gasteiger partial charge is 0.251 e. The molecule has 4 aromatic rings. The topological polar surface area (TPSA) is 108 Å². The van der Waals surface area contributed by atoms with Crippen molar-refractivity contribution >= 4 is 29.0 Å². The van der Waals surface area contributed by atoms with Gasteiger partial charge in [0.2, 0.25) is 0 Å². The summed E-state index contributed by atoms with van der Waals surface area (Å²) < 4.78 is 5.19. The van der Waals surface area contributed by atoms with E-state index in [-0.39, 0.29) is 11.8 Å². The average molecular weight is 511 g/mol. The third kappa shape index (κ3) is 6.85. The Labute approximate surface area is 221 Å². The standard InChI is InChI=1S/C29H30N6O3/c1-35(2)24-6-4-5-22(17-24)29(37)31-16-15-30-28(36)21-9-7-20(8-10-21)26-18-27(33-19-32-26)34-23-11-13-25(38-3)14-12-23/h4-14,17-19H,15-16H2,1-3H3,(H,30,36)(H,31,37)(H,32,33,34). The summed E-state index contributed by atoms with van der Waals surface area (Å²) in [5, 5.41) is 8.91. The van der Waals surface area contributed by atoms with Gasteiger partial charge in [0.1, 0.15) is 17.9 Å². The van der Waals surface area contributed by atoms with E-state index < -0.39 is 0 Å². The molecule has 0 unspecified atom stereocenters. The van der Waals surface area contributed by atoms with Crippen molar-refractivity contribution in [3.63, 3.8) is 0 Å². The molecule has 2 amide bonds. The molecule has 0 saturated heterocycles. The molecule has 0 atom stereocenters. The number of hydrogen-bond acceptors (Lipinski definition) is 7. The van der Waals surface area contributed by atoms with Crippen LogP contribution in [0.5, 0.6) is 5.75 Å². The molecule has 9 nitrogen and oxygen atoms in total. The number of benzene rings is 3. The van der Waals surface area contributed by atoms with E-state index in [1.807, 2.05) is 79.7 Å². The molecule has 4 rings (SSSR count). The Morgan fingerprint density at radius 3 is 2.16 bits per heavy atom. The van der Waals surface area contributed by atoms with Crippen molar-refractivity contribution in [3.8, 4) is 17.0 Å². The number of ether oxygens (including phenoxy) is 1. The summed E-state index contributed by atoms with van der Waals surface area (Å²) in [5.74, 6) is 1.03. The molecular weight excluding hydrogens is 480 g/mol. The summed E-state index contributed by atoms with van der Waals surface area (Å²) in [6.07, 6.45) is 1.49. The monoisotopic (exact) mass is 510 g/mol. The zero-order chi connectivity index (χ0) is 26.9. The number of methoxy groups -OCH3 is 1. The van der Waals surface area contributed by atoms with Crippen LogP contribution < -0.4 is 25.6 Å². The molecule has 0 fully saturated rings. The predicted molar refractivity (Wildman–Crippen MR) is 149 cm³/mol. The third-order valence-electron chi connectivity index (χ3n) is 5.79. The van der Waals surface area contributed by atoms with Crippen LogP contribution in [0.2, 0.25) is 0 Å². The molecule has 9 heteroatoms. The van der Waals surface area contributed by atoms with E-state index in [2.05, 4.69) is 25.9 Å². The molecule has 0 radical (unpaired) electrons. The number of rotatable bonds is 10. The van der Waals surface area contributed by atoms with Gasteiger partial charge < -0.3 is 25.6 Å².